The van der Waals surface area contributed by atoms with Crippen LogP contribution in [0.25, 0.3) is 0 Å². The molecule has 1 N–H and O–H groups in total. The summed E-state index contributed by atoms with van der Waals surface area (Å²) in [5.74, 6) is -0.216. The molecule has 11 heavy (non-hydrogen) atoms. The molecule has 0 saturated carbocycles. The van der Waals surface area contributed by atoms with E-state index in [-0.39, 0.29) is 16.1 Å². The number of hydrogen-bond donors (Lipinski definition) is 1. The third-order valence-electron chi connectivity index (χ3n) is 0.996. The van der Waals surface area contributed by atoms with Crippen molar-refractivity contribution in [2.75, 3.05) is 0 Å². The summed E-state index contributed by atoms with van der Waals surface area (Å²) in [5, 5.41) is 16.9. The highest BCUT2D eigenvalue weighted by molar-refractivity contribution is 9.10. The Morgan fingerprint density at radius 1 is 1.82 bits per heavy atom. The predicted molar refractivity (Wildman–Crippen MR) is 40.9 cm³/mol. The van der Waals surface area contributed by atoms with E-state index in [1.807, 2.05) is 0 Å². The summed E-state index contributed by atoms with van der Waals surface area (Å²) < 4.78 is 4.89. The number of nitrogens with one attached hydrogen (secondary N) is 1. The molecule has 0 bridgehead atoms. The van der Waals surface area contributed by atoms with Crippen LogP contribution in [0.4, 0.5) is 5.88 Å². The fourth-order valence-electron chi connectivity index (χ4n) is 0.572. The maximum absolute atomic E-state index is 10.2. The number of halogens is 1. The van der Waals surface area contributed by atoms with Gasteiger partial charge in [0.2, 0.25) is 0 Å². The second-order valence-corrected chi connectivity index (χ2v) is 2.56. The molecule has 5 nitrogen and oxygen atoms in total. The van der Waals surface area contributed by atoms with Crippen molar-refractivity contribution in [2.45, 2.75) is 0 Å². The fourth-order valence-corrected chi connectivity index (χ4v) is 1.02. The van der Waals surface area contributed by atoms with Gasteiger partial charge in [0.1, 0.15) is 9.40 Å². The lowest BCUT2D eigenvalue weighted by atomic mass is 10.5. The molecule has 0 aliphatic rings. The van der Waals surface area contributed by atoms with Crippen LogP contribution in [0.15, 0.2) is 15.0 Å². The molecule has 0 aliphatic carbocycles. The topological polar surface area (TPSA) is 80.1 Å². The highest BCUT2D eigenvalue weighted by Crippen LogP contribution is 2.27. The van der Waals surface area contributed by atoms with Gasteiger partial charge in [0, 0.05) is 6.07 Å². The average molecular weight is 219 g/mol. The highest BCUT2D eigenvalue weighted by Gasteiger charge is 2.17. The van der Waals surface area contributed by atoms with Gasteiger partial charge in [-0.05, 0) is 15.9 Å². The van der Waals surface area contributed by atoms with E-state index in [2.05, 4.69) is 20.3 Å². The van der Waals surface area contributed by atoms with Crippen molar-refractivity contribution in [1.82, 2.24) is 0 Å². The van der Waals surface area contributed by atoms with Crippen molar-refractivity contribution in [3.05, 3.63) is 26.4 Å². The number of rotatable bonds is 2. The minimum atomic E-state index is -0.656. The molecule has 1 rings (SSSR count). The van der Waals surface area contributed by atoms with Crippen LogP contribution in [0, 0.1) is 15.5 Å². The molecule has 0 amide bonds. The first-order valence-corrected chi connectivity index (χ1v) is 3.38. The van der Waals surface area contributed by atoms with E-state index in [9.17, 15) is 10.1 Å². The van der Waals surface area contributed by atoms with Gasteiger partial charge in [-0.2, -0.15) is 0 Å². The monoisotopic (exact) mass is 218 g/mol. The number of furan rings is 1. The molecule has 1 heterocycles. The highest BCUT2D eigenvalue weighted by atomic mass is 79.9. The van der Waals surface area contributed by atoms with E-state index in [1.54, 1.807) is 0 Å². The number of nitrogens with zero attached hydrogens (tertiary/aromatic N) is 1. The Labute approximate surface area is 69.8 Å². The molecule has 0 unspecified atom stereocenters. The van der Waals surface area contributed by atoms with Crippen LogP contribution in [0.5, 0.6) is 0 Å². The normalized spacial score (nSPS) is 9.55. The molecule has 0 atom stereocenters. The van der Waals surface area contributed by atoms with Crippen LogP contribution < -0.4 is 0 Å². The summed E-state index contributed by atoms with van der Waals surface area (Å²) in [6.45, 7) is 0. The van der Waals surface area contributed by atoms with Crippen molar-refractivity contribution in [3.8, 4) is 0 Å². The quantitative estimate of drug-likeness (QED) is 0.468. The number of hydrogen-bond acceptors (Lipinski definition) is 4. The van der Waals surface area contributed by atoms with E-state index >= 15 is 0 Å². The molecule has 0 fully saturated rings. The fraction of sp³-hybridized carbons (Fsp3) is 0. The standard InChI is InChI=1S/C5H3BrN2O3/c6-4-1-3(2-7)11-5(4)8(9)10/h1-2,7H. The summed E-state index contributed by atoms with van der Waals surface area (Å²) in [7, 11) is 0. The van der Waals surface area contributed by atoms with Gasteiger partial charge in [-0.25, -0.2) is 0 Å². The number of nitro groups is 1. The van der Waals surface area contributed by atoms with E-state index in [0.717, 1.165) is 6.21 Å². The maximum Gasteiger partial charge on any atom is 0.447 e. The molecule has 1 aromatic heterocycles. The van der Waals surface area contributed by atoms with E-state index < -0.39 is 4.92 Å². The van der Waals surface area contributed by atoms with Gasteiger partial charge in [0.15, 0.2) is 5.76 Å². The van der Waals surface area contributed by atoms with Gasteiger partial charge in [0.05, 0.1) is 6.21 Å². The minimum Gasteiger partial charge on any atom is -0.399 e. The van der Waals surface area contributed by atoms with Crippen LogP contribution in [0.2, 0.25) is 0 Å². The van der Waals surface area contributed by atoms with E-state index in [1.165, 1.54) is 6.07 Å². The minimum absolute atomic E-state index is 0.156. The first kappa shape index (κ1) is 7.93. The van der Waals surface area contributed by atoms with Crippen LogP contribution in [-0.4, -0.2) is 11.1 Å². The molecule has 0 radical (unpaired) electrons. The third-order valence-corrected chi connectivity index (χ3v) is 1.56. The third kappa shape index (κ3) is 1.45. The van der Waals surface area contributed by atoms with Gasteiger partial charge in [-0.3, -0.25) is 10.1 Å². The second kappa shape index (κ2) is 2.83. The Bertz CT molecular complexity index is 307. The maximum atomic E-state index is 10.2. The molecule has 58 valence electrons. The van der Waals surface area contributed by atoms with Crippen LogP contribution >= 0.6 is 15.9 Å². The molecule has 0 aliphatic heterocycles. The SMILES string of the molecule is N=Cc1cc(Br)c([N+](=O)[O-])o1. The molecule has 1 aromatic rings. The zero-order valence-electron chi connectivity index (χ0n) is 5.20. The van der Waals surface area contributed by atoms with Crippen molar-refractivity contribution < 1.29 is 9.34 Å². The van der Waals surface area contributed by atoms with E-state index in [4.69, 9.17) is 5.41 Å². The van der Waals surface area contributed by atoms with Crippen LogP contribution in [0.1, 0.15) is 5.76 Å². The van der Waals surface area contributed by atoms with Gasteiger partial charge < -0.3 is 9.83 Å². The first-order valence-electron chi connectivity index (χ1n) is 2.59. The molecular formula is C5H3BrN2O3. The summed E-state index contributed by atoms with van der Waals surface area (Å²) in [6, 6.07) is 1.37. The zero-order valence-corrected chi connectivity index (χ0v) is 6.79. The van der Waals surface area contributed by atoms with Crippen LogP contribution in [0.3, 0.4) is 0 Å². The Kier molecular flexibility index (Phi) is 2.04. The summed E-state index contributed by atoms with van der Waals surface area (Å²) in [4.78, 5) is 9.50. The largest absolute Gasteiger partial charge is 0.447 e. The summed E-state index contributed by atoms with van der Waals surface area (Å²) >= 11 is 2.92. The lowest BCUT2D eigenvalue weighted by Gasteiger charge is -1.81. The second-order valence-electron chi connectivity index (χ2n) is 1.70. The molecular weight excluding hydrogens is 216 g/mol. The molecule has 0 spiro atoms. The smallest absolute Gasteiger partial charge is 0.399 e. The molecule has 6 heteroatoms. The van der Waals surface area contributed by atoms with Crippen molar-refractivity contribution in [2.24, 2.45) is 0 Å². The van der Waals surface area contributed by atoms with E-state index in [0.29, 0.717) is 0 Å². The van der Waals surface area contributed by atoms with Gasteiger partial charge in [-0.15, -0.1) is 0 Å². The Morgan fingerprint density at radius 2 is 2.45 bits per heavy atom. The van der Waals surface area contributed by atoms with Gasteiger partial charge in [-0.1, -0.05) is 0 Å². The summed E-state index contributed by atoms with van der Waals surface area (Å²) in [6.07, 6.45) is 0.901. The summed E-state index contributed by atoms with van der Waals surface area (Å²) in [5.41, 5.74) is 0. The predicted octanol–water partition coefficient (Wildman–Crippen LogP) is 1.95. The molecule has 0 aromatic carbocycles. The Balaban J connectivity index is 3.16. The van der Waals surface area contributed by atoms with Crippen molar-refractivity contribution in [3.63, 3.8) is 0 Å². The van der Waals surface area contributed by atoms with Gasteiger partial charge in [0.25, 0.3) is 0 Å². The lowest BCUT2D eigenvalue weighted by Crippen LogP contribution is -1.84. The van der Waals surface area contributed by atoms with Crippen molar-refractivity contribution in [1.29, 1.82) is 5.41 Å². The average Bonchev–Trinajstić information content (AvgIpc) is 2.30. The first-order chi connectivity index (χ1) is 5.15. The Morgan fingerprint density at radius 3 is 2.73 bits per heavy atom. The zero-order chi connectivity index (χ0) is 8.43. The molecule has 0 saturated heterocycles. The Hall–Kier alpha value is -1.17. The van der Waals surface area contributed by atoms with Crippen LogP contribution in [-0.2, 0) is 0 Å². The lowest BCUT2D eigenvalue weighted by molar-refractivity contribution is -0.403. The van der Waals surface area contributed by atoms with Crippen molar-refractivity contribution >= 4 is 28.0 Å². The van der Waals surface area contributed by atoms with Gasteiger partial charge >= 0.3 is 5.88 Å².